The Morgan fingerprint density at radius 2 is 2.26 bits per heavy atom. The van der Waals surface area contributed by atoms with Gasteiger partial charge in [-0.05, 0) is 24.5 Å². The highest BCUT2D eigenvalue weighted by Gasteiger charge is 2.38. The van der Waals surface area contributed by atoms with Gasteiger partial charge in [0, 0.05) is 6.54 Å². The van der Waals surface area contributed by atoms with Gasteiger partial charge in [0.2, 0.25) is 5.91 Å². The van der Waals surface area contributed by atoms with Crippen molar-refractivity contribution in [2.75, 3.05) is 19.8 Å². The largest absolute Gasteiger partial charge is 0.394 e. The first-order chi connectivity index (χ1) is 9.20. The molecule has 0 aromatic heterocycles. The van der Waals surface area contributed by atoms with Gasteiger partial charge < -0.3 is 14.7 Å². The van der Waals surface area contributed by atoms with Crippen molar-refractivity contribution >= 4 is 5.91 Å². The van der Waals surface area contributed by atoms with Crippen LogP contribution in [0, 0.1) is 0 Å². The molecule has 1 fully saturated rings. The molecule has 4 nitrogen and oxygen atoms in total. The van der Waals surface area contributed by atoms with Crippen molar-refractivity contribution in [2.24, 2.45) is 0 Å². The second-order valence-electron chi connectivity index (χ2n) is 5.43. The number of aliphatic hydroxyl groups excluding tert-OH is 1. The molecule has 1 aromatic carbocycles. The maximum atomic E-state index is 12.6. The summed E-state index contributed by atoms with van der Waals surface area (Å²) in [5.74, 6) is 0.170. The minimum atomic E-state index is -0.240. The van der Waals surface area contributed by atoms with Crippen LogP contribution < -0.4 is 0 Å². The van der Waals surface area contributed by atoms with Crippen LogP contribution in [0.1, 0.15) is 24.0 Å². The summed E-state index contributed by atoms with van der Waals surface area (Å²) in [4.78, 5) is 14.5. The summed E-state index contributed by atoms with van der Waals surface area (Å²) >= 11 is 0. The molecule has 102 valence electrons. The van der Waals surface area contributed by atoms with E-state index in [0.29, 0.717) is 13.2 Å². The first-order valence-corrected chi connectivity index (χ1v) is 6.81. The van der Waals surface area contributed by atoms with Gasteiger partial charge in [0.25, 0.3) is 0 Å². The van der Waals surface area contributed by atoms with Crippen LogP contribution in [0.2, 0.25) is 0 Å². The predicted molar refractivity (Wildman–Crippen MR) is 70.9 cm³/mol. The number of rotatable bonds is 2. The van der Waals surface area contributed by atoms with E-state index in [1.54, 1.807) is 0 Å². The predicted octanol–water partition coefficient (Wildman–Crippen LogP) is 0.934. The summed E-state index contributed by atoms with van der Waals surface area (Å²) < 4.78 is 5.48. The molecule has 1 aliphatic carbocycles. The average molecular weight is 261 g/mol. The lowest BCUT2D eigenvalue weighted by molar-refractivity contribution is -0.148. The van der Waals surface area contributed by atoms with E-state index >= 15 is 0 Å². The number of nitrogens with zero attached hydrogens (tertiary/aromatic N) is 1. The summed E-state index contributed by atoms with van der Waals surface area (Å²) in [5.41, 5.74) is 2.44. The topological polar surface area (TPSA) is 49.8 Å². The first kappa shape index (κ1) is 12.6. The SMILES string of the molecule is CC1COC(CO)CN1C(=O)C1Cc2ccccc21. The quantitative estimate of drug-likeness (QED) is 0.862. The summed E-state index contributed by atoms with van der Waals surface area (Å²) in [6.07, 6.45) is 0.596. The fourth-order valence-corrected chi connectivity index (χ4v) is 2.91. The summed E-state index contributed by atoms with van der Waals surface area (Å²) in [6.45, 7) is 2.97. The molecule has 0 bridgehead atoms. The number of hydrogen-bond donors (Lipinski definition) is 1. The van der Waals surface area contributed by atoms with Gasteiger partial charge in [0.15, 0.2) is 0 Å². The van der Waals surface area contributed by atoms with Gasteiger partial charge in [0.05, 0.1) is 31.3 Å². The van der Waals surface area contributed by atoms with Gasteiger partial charge in [-0.15, -0.1) is 0 Å². The zero-order valence-electron chi connectivity index (χ0n) is 11.1. The van der Waals surface area contributed by atoms with Crippen molar-refractivity contribution in [3.63, 3.8) is 0 Å². The Kier molecular flexibility index (Phi) is 3.29. The maximum absolute atomic E-state index is 12.6. The Morgan fingerprint density at radius 1 is 1.47 bits per heavy atom. The van der Waals surface area contributed by atoms with Crippen LogP contribution in [0.15, 0.2) is 24.3 Å². The highest BCUT2D eigenvalue weighted by Crippen LogP contribution is 2.36. The maximum Gasteiger partial charge on any atom is 0.230 e. The molecule has 0 spiro atoms. The molecule has 0 radical (unpaired) electrons. The van der Waals surface area contributed by atoms with E-state index in [-0.39, 0.29) is 30.6 Å². The lowest BCUT2D eigenvalue weighted by Gasteiger charge is -2.41. The molecule has 19 heavy (non-hydrogen) atoms. The molecule has 3 unspecified atom stereocenters. The molecule has 1 saturated heterocycles. The molecule has 1 aromatic rings. The van der Waals surface area contributed by atoms with E-state index in [2.05, 4.69) is 6.07 Å². The van der Waals surface area contributed by atoms with Gasteiger partial charge in [0.1, 0.15) is 0 Å². The van der Waals surface area contributed by atoms with E-state index < -0.39 is 0 Å². The van der Waals surface area contributed by atoms with Gasteiger partial charge in [-0.25, -0.2) is 0 Å². The number of fused-ring (bicyclic) bond motifs is 1. The number of benzene rings is 1. The van der Waals surface area contributed by atoms with Crippen LogP contribution in [-0.4, -0.2) is 47.8 Å². The highest BCUT2D eigenvalue weighted by atomic mass is 16.5. The van der Waals surface area contributed by atoms with Crippen molar-refractivity contribution in [1.29, 1.82) is 0 Å². The van der Waals surface area contributed by atoms with Crippen LogP contribution >= 0.6 is 0 Å². The molecule has 1 heterocycles. The third kappa shape index (κ3) is 2.15. The smallest absolute Gasteiger partial charge is 0.230 e. The third-order valence-corrected chi connectivity index (χ3v) is 4.14. The average Bonchev–Trinajstić information content (AvgIpc) is 2.40. The molecule has 1 aliphatic heterocycles. The van der Waals surface area contributed by atoms with E-state index in [9.17, 15) is 9.90 Å². The lowest BCUT2D eigenvalue weighted by Crippen LogP contribution is -2.54. The summed E-state index contributed by atoms with van der Waals surface area (Å²) in [7, 11) is 0. The van der Waals surface area contributed by atoms with Crippen LogP contribution in [0.3, 0.4) is 0 Å². The standard InChI is InChI=1S/C15H19NO3/c1-10-9-19-12(8-17)7-16(10)15(18)14-6-11-4-2-3-5-13(11)14/h2-5,10,12,14,17H,6-9H2,1H3. The van der Waals surface area contributed by atoms with Crippen molar-refractivity contribution in [1.82, 2.24) is 4.90 Å². The molecule has 2 aliphatic rings. The first-order valence-electron chi connectivity index (χ1n) is 6.81. The second kappa shape index (κ2) is 4.94. The number of amides is 1. The molecule has 1 N–H and O–H groups in total. The molecule has 0 saturated carbocycles. The summed E-state index contributed by atoms with van der Waals surface area (Å²) in [6, 6.07) is 8.20. The van der Waals surface area contributed by atoms with Gasteiger partial charge in [-0.2, -0.15) is 0 Å². The number of carbonyl (C=O) groups excluding carboxylic acids is 1. The molecule has 4 heteroatoms. The Morgan fingerprint density at radius 3 is 3.00 bits per heavy atom. The van der Waals surface area contributed by atoms with Crippen LogP contribution in [-0.2, 0) is 16.0 Å². The Bertz CT molecular complexity index is 488. The molecule has 1 amide bonds. The van der Waals surface area contributed by atoms with Gasteiger partial charge >= 0.3 is 0 Å². The molecular weight excluding hydrogens is 242 g/mol. The Labute approximate surface area is 113 Å². The molecular formula is C15H19NO3. The third-order valence-electron chi connectivity index (χ3n) is 4.14. The second-order valence-corrected chi connectivity index (χ2v) is 5.43. The molecule has 3 rings (SSSR count). The van der Waals surface area contributed by atoms with E-state index in [1.165, 1.54) is 5.56 Å². The van der Waals surface area contributed by atoms with E-state index in [1.807, 2.05) is 30.0 Å². The zero-order valence-corrected chi connectivity index (χ0v) is 11.1. The number of hydrogen-bond acceptors (Lipinski definition) is 3. The van der Waals surface area contributed by atoms with Crippen molar-refractivity contribution in [3.05, 3.63) is 35.4 Å². The van der Waals surface area contributed by atoms with Gasteiger partial charge in [-0.3, -0.25) is 4.79 Å². The van der Waals surface area contributed by atoms with Gasteiger partial charge in [-0.1, -0.05) is 24.3 Å². The minimum absolute atomic E-state index is 0.00362. The van der Waals surface area contributed by atoms with Crippen LogP contribution in [0.4, 0.5) is 0 Å². The fraction of sp³-hybridized carbons (Fsp3) is 0.533. The fourth-order valence-electron chi connectivity index (χ4n) is 2.91. The summed E-state index contributed by atoms with van der Waals surface area (Å²) in [5, 5.41) is 9.18. The lowest BCUT2D eigenvalue weighted by atomic mass is 9.76. The number of ether oxygens (including phenoxy) is 1. The van der Waals surface area contributed by atoms with E-state index in [0.717, 1.165) is 12.0 Å². The van der Waals surface area contributed by atoms with Crippen molar-refractivity contribution in [3.8, 4) is 0 Å². The Balaban J connectivity index is 1.74. The van der Waals surface area contributed by atoms with E-state index in [4.69, 9.17) is 4.74 Å². The highest BCUT2D eigenvalue weighted by molar-refractivity contribution is 5.87. The number of carbonyl (C=O) groups is 1. The number of aliphatic hydroxyl groups is 1. The minimum Gasteiger partial charge on any atom is -0.394 e. The Hall–Kier alpha value is -1.39. The molecule has 3 atom stereocenters. The zero-order chi connectivity index (χ0) is 13.4. The normalized spacial score (nSPS) is 29.6. The monoisotopic (exact) mass is 261 g/mol. The van der Waals surface area contributed by atoms with Crippen LogP contribution in [0.25, 0.3) is 0 Å². The van der Waals surface area contributed by atoms with Crippen molar-refractivity contribution in [2.45, 2.75) is 31.4 Å². The van der Waals surface area contributed by atoms with Crippen LogP contribution in [0.5, 0.6) is 0 Å². The van der Waals surface area contributed by atoms with Crippen molar-refractivity contribution < 1.29 is 14.6 Å². The number of morpholine rings is 1.